The van der Waals surface area contributed by atoms with Crippen LogP contribution >= 0.6 is 0 Å². The van der Waals surface area contributed by atoms with Gasteiger partial charge in [-0.1, -0.05) is 6.92 Å². The van der Waals surface area contributed by atoms with Crippen molar-refractivity contribution in [2.45, 2.75) is 33.1 Å². The van der Waals surface area contributed by atoms with Crippen molar-refractivity contribution in [1.29, 1.82) is 0 Å². The summed E-state index contributed by atoms with van der Waals surface area (Å²) in [6.45, 7) is 6.80. The summed E-state index contributed by atoms with van der Waals surface area (Å²) < 4.78 is 0. The van der Waals surface area contributed by atoms with Gasteiger partial charge in [-0.15, -0.1) is 0 Å². The Morgan fingerprint density at radius 3 is 2.43 bits per heavy atom. The number of hydrogen-bond donors (Lipinski definition) is 0. The van der Waals surface area contributed by atoms with Gasteiger partial charge in [-0.05, 0) is 32.1 Å². The fourth-order valence-electron chi connectivity index (χ4n) is 1.52. The van der Waals surface area contributed by atoms with Gasteiger partial charge in [0.25, 0.3) is 0 Å². The second kappa shape index (κ2) is 5.23. The monoisotopic (exact) mass is 198 g/mol. The third kappa shape index (κ3) is 3.20. The summed E-state index contributed by atoms with van der Waals surface area (Å²) in [6, 6.07) is 0.196. The van der Waals surface area contributed by atoms with E-state index in [-0.39, 0.29) is 6.03 Å². The van der Waals surface area contributed by atoms with E-state index in [4.69, 9.17) is 0 Å². The summed E-state index contributed by atoms with van der Waals surface area (Å²) >= 11 is 0. The highest BCUT2D eigenvalue weighted by Gasteiger charge is 2.27. The van der Waals surface area contributed by atoms with Crippen molar-refractivity contribution in [1.82, 2.24) is 9.80 Å². The number of rotatable bonds is 5. The van der Waals surface area contributed by atoms with Crippen LogP contribution in [0.5, 0.6) is 0 Å². The molecular formula is C11H22N2O. The molecule has 0 atom stereocenters. The lowest BCUT2D eigenvalue weighted by molar-refractivity contribution is 0.162. The number of hydrogen-bond acceptors (Lipinski definition) is 1. The molecule has 3 heteroatoms. The fraction of sp³-hybridized carbons (Fsp3) is 0.909. The van der Waals surface area contributed by atoms with Gasteiger partial charge in [0.15, 0.2) is 0 Å². The molecule has 1 fully saturated rings. The van der Waals surface area contributed by atoms with Gasteiger partial charge in [0, 0.05) is 26.7 Å². The highest BCUT2D eigenvalue weighted by Crippen LogP contribution is 2.29. The molecule has 0 aromatic carbocycles. The van der Waals surface area contributed by atoms with Gasteiger partial charge in [0.1, 0.15) is 0 Å². The van der Waals surface area contributed by atoms with E-state index in [9.17, 15) is 4.79 Å². The van der Waals surface area contributed by atoms with Gasteiger partial charge < -0.3 is 9.80 Å². The van der Waals surface area contributed by atoms with Crippen LogP contribution < -0.4 is 0 Å². The third-order valence-corrected chi connectivity index (χ3v) is 2.74. The van der Waals surface area contributed by atoms with Crippen LogP contribution in [0.25, 0.3) is 0 Å². The van der Waals surface area contributed by atoms with Crippen LogP contribution in [-0.2, 0) is 0 Å². The molecule has 82 valence electrons. The Hall–Kier alpha value is -0.730. The lowest BCUT2D eigenvalue weighted by Gasteiger charge is -2.27. The minimum atomic E-state index is 0.196. The first kappa shape index (κ1) is 11.3. The minimum absolute atomic E-state index is 0.196. The Morgan fingerprint density at radius 1 is 1.36 bits per heavy atom. The molecule has 3 nitrogen and oxygen atoms in total. The molecule has 1 aliphatic rings. The van der Waals surface area contributed by atoms with Crippen LogP contribution in [0.15, 0.2) is 0 Å². The second-order valence-corrected chi connectivity index (χ2v) is 4.19. The Bertz CT molecular complexity index is 190. The molecule has 0 bridgehead atoms. The normalized spacial score (nSPS) is 15.4. The molecule has 0 aliphatic heterocycles. The van der Waals surface area contributed by atoms with Crippen LogP contribution in [-0.4, -0.2) is 42.5 Å². The molecule has 0 aromatic rings. The SMILES string of the molecule is CCCN(CC1CC1)C(=O)N(C)CC. The lowest BCUT2D eigenvalue weighted by atomic mass is 10.3. The summed E-state index contributed by atoms with van der Waals surface area (Å²) in [5, 5.41) is 0. The largest absolute Gasteiger partial charge is 0.328 e. The molecule has 0 aromatic heterocycles. The van der Waals surface area contributed by atoms with Crippen molar-refractivity contribution in [3.63, 3.8) is 0 Å². The summed E-state index contributed by atoms with van der Waals surface area (Å²) in [7, 11) is 1.87. The fourth-order valence-corrected chi connectivity index (χ4v) is 1.52. The van der Waals surface area contributed by atoms with E-state index in [2.05, 4.69) is 6.92 Å². The quantitative estimate of drug-likeness (QED) is 0.664. The Balaban J connectivity index is 2.42. The molecule has 1 aliphatic carbocycles. The van der Waals surface area contributed by atoms with Crippen molar-refractivity contribution >= 4 is 6.03 Å². The molecule has 1 rings (SSSR count). The zero-order chi connectivity index (χ0) is 10.6. The van der Waals surface area contributed by atoms with Gasteiger partial charge in [-0.2, -0.15) is 0 Å². The molecule has 14 heavy (non-hydrogen) atoms. The van der Waals surface area contributed by atoms with E-state index < -0.39 is 0 Å². The van der Waals surface area contributed by atoms with Crippen LogP contribution in [0.4, 0.5) is 4.79 Å². The maximum Gasteiger partial charge on any atom is 0.319 e. The summed E-state index contributed by atoms with van der Waals surface area (Å²) in [4.78, 5) is 15.7. The number of carbonyl (C=O) groups excluding carboxylic acids is 1. The maximum atomic E-state index is 11.9. The van der Waals surface area contributed by atoms with Gasteiger partial charge in [-0.25, -0.2) is 4.79 Å². The Labute approximate surface area is 87.1 Å². The van der Waals surface area contributed by atoms with E-state index >= 15 is 0 Å². The van der Waals surface area contributed by atoms with Gasteiger partial charge in [-0.3, -0.25) is 0 Å². The van der Waals surface area contributed by atoms with Gasteiger partial charge >= 0.3 is 6.03 Å². The van der Waals surface area contributed by atoms with E-state index in [1.54, 1.807) is 4.90 Å². The standard InChI is InChI=1S/C11H22N2O/c1-4-8-13(9-10-6-7-10)11(14)12(3)5-2/h10H,4-9H2,1-3H3. The second-order valence-electron chi connectivity index (χ2n) is 4.19. The molecule has 2 amide bonds. The van der Waals surface area contributed by atoms with Crippen LogP contribution in [0.1, 0.15) is 33.1 Å². The summed E-state index contributed by atoms with van der Waals surface area (Å²) in [5.41, 5.74) is 0. The predicted octanol–water partition coefficient (Wildman–Crippen LogP) is 2.18. The first-order valence-corrected chi connectivity index (χ1v) is 5.69. The highest BCUT2D eigenvalue weighted by atomic mass is 16.2. The van der Waals surface area contributed by atoms with Gasteiger partial charge in [0.2, 0.25) is 0 Å². The van der Waals surface area contributed by atoms with Crippen molar-refractivity contribution in [3.05, 3.63) is 0 Å². The van der Waals surface area contributed by atoms with Crippen molar-refractivity contribution in [2.24, 2.45) is 5.92 Å². The smallest absolute Gasteiger partial charge is 0.319 e. The molecule has 0 saturated heterocycles. The highest BCUT2D eigenvalue weighted by molar-refractivity contribution is 5.74. The Kier molecular flexibility index (Phi) is 4.23. The number of nitrogens with zero attached hydrogens (tertiary/aromatic N) is 2. The first-order valence-electron chi connectivity index (χ1n) is 5.69. The van der Waals surface area contributed by atoms with Crippen molar-refractivity contribution in [3.8, 4) is 0 Å². The van der Waals surface area contributed by atoms with Crippen molar-refractivity contribution < 1.29 is 4.79 Å². The zero-order valence-corrected chi connectivity index (χ0v) is 9.62. The molecular weight excluding hydrogens is 176 g/mol. The average Bonchev–Trinajstić information content (AvgIpc) is 2.98. The first-order chi connectivity index (χ1) is 6.69. The lowest BCUT2D eigenvalue weighted by Crippen LogP contribution is -2.42. The molecule has 0 spiro atoms. The van der Waals surface area contributed by atoms with Crippen LogP contribution in [0.2, 0.25) is 0 Å². The van der Waals surface area contributed by atoms with E-state index in [1.165, 1.54) is 12.8 Å². The van der Waals surface area contributed by atoms with E-state index in [0.29, 0.717) is 0 Å². The van der Waals surface area contributed by atoms with E-state index in [1.807, 2.05) is 18.9 Å². The van der Waals surface area contributed by atoms with E-state index in [0.717, 1.165) is 32.0 Å². The summed E-state index contributed by atoms with van der Waals surface area (Å²) in [5.74, 6) is 0.788. The van der Waals surface area contributed by atoms with Crippen molar-refractivity contribution in [2.75, 3.05) is 26.7 Å². The Morgan fingerprint density at radius 2 is 2.00 bits per heavy atom. The average molecular weight is 198 g/mol. The number of carbonyl (C=O) groups is 1. The van der Waals surface area contributed by atoms with Gasteiger partial charge in [0.05, 0.1) is 0 Å². The maximum absolute atomic E-state index is 11.9. The van der Waals surface area contributed by atoms with Crippen LogP contribution in [0, 0.1) is 5.92 Å². The molecule has 0 heterocycles. The molecule has 0 N–H and O–H groups in total. The third-order valence-electron chi connectivity index (χ3n) is 2.74. The zero-order valence-electron chi connectivity index (χ0n) is 9.62. The number of urea groups is 1. The summed E-state index contributed by atoms with van der Waals surface area (Å²) in [6.07, 6.45) is 3.67. The molecule has 0 radical (unpaired) electrons. The molecule has 1 saturated carbocycles. The number of amides is 2. The minimum Gasteiger partial charge on any atom is -0.328 e. The predicted molar refractivity (Wildman–Crippen MR) is 58.3 cm³/mol. The topological polar surface area (TPSA) is 23.6 Å². The molecule has 0 unspecified atom stereocenters. The van der Waals surface area contributed by atoms with Crippen LogP contribution in [0.3, 0.4) is 0 Å².